The van der Waals surface area contributed by atoms with Crippen molar-refractivity contribution in [3.05, 3.63) is 102 Å². The van der Waals surface area contributed by atoms with E-state index in [1.54, 1.807) is 0 Å². The first-order chi connectivity index (χ1) is 12.8. The van der Waals surface area contributed by atoms with Gasteiger partial charge in [0, 0.05) is 28.4 Å². The first kappa shape index (κ1) is 17.1. The van der Waals surface area contributed by atoms with Crippen molar-refractivity contribution in [2.75, 3.05) is 0 Å². The first-order valence-electron chi connectivity index (χ1n) is 9.13. The smallest absolute Gasteiger partial charge is 0.134 e. The summed E-state index contributed by atoms with van der Waals surface area (Å²) < 4.78 is 0. The van der Waals surface area contributed by atoms with Gasteiger partial charge in [0.2, 0.25) is 0 Å². The summed E-state index contributed by atoms with van der Waals surface area (Å²) in [5.74, 6) is 0.376. The molecule has 2 heteroatoms. The van der Waals surface area contributed by atoms with Crippen molar-refractivity contribution >= 4 is 17.5 Å². The van der Waals surface area contributed by atoms with Gasteiger partial charge < -0.3 is 0 Å². The molecule has 3 aromatic rings. The Kier molecular flexibility index (Phi) is 4.94. The summed E-state index contributed by atoms with van der Waals surface area (Å²) in [5.41, 5.74) is 2.48. The lowest BCUT2D eigenvalue weighted by molar-refractivity contribution is -0.120. The minimum Gasteiger partial charge on any atom is -0.300 e. The predicted molar refractivity (Wildman–Crippen MR) is 109 cm³/mol. The van der Waals surface area contributed by atoms with Crippen LogP contribution < -0.4 is 0 Å². The quantitative estimate of drug-likeness (QED) is 0.579. The highest BCUT2D eigenvalue weighted by Gasteiger charge is 2.46. The summed E-state index contributed by atoms with van der Waals surface area (Å²) in [4.78, 5) is 13.6. The molecule has 0 aliphatic heterocycles. The van der Waals surface area contributed by atoms with Crippen molar-refractivity contribution < 1.29 is 4.79 Å². The molecule has 1 saturated carbocycles. The lowest BCUT2D eigenvalue weighted by Gasteiger charge is -2.44. The lowest BCUT2D eigenvalue weighted by atomic mass is 9.64. The van der Waals surface area contributed by atoms with Gasteiger partial charge in [-0.2, -0.15) is 0 Å². The van der Waals surface area contributed by atoms with E-state index < -0.39 is 0 Å². The summed E-state index contributed by atoms with van der Waals surface area (Å²) in [5, 5.41) is 0.191. The number of carbonyl (C=O) groups excluding carboxylic acids is 1. The Bertz CT molecular complexity index is 819. The standard InChI is InChI=1S/C24H22OS/c25-21-16-17-24(19-10-4-1-5-11-19,20-12-6-2-7-13-20)23(18-21)26-22-14-8-3-9-15-22/h1-15,23H,16-18H2. The molecule has 130 valence electrons. The Labute approximate surface area is 159 Å². The van der Waals surface area contributed by atoms with Crippen LogP contribution in [0.4, 0.5) is 0 Å². The van der Waals surface area contributed by atoms with Crippen LogP contribution in [0, 0.1) is 0 Å². The summed E-state index contributed by atoms with van der Waals surface area (Å²) in [7, 11) is 0. The predicted octanol–water partition coefficient (Wildman–Crippen LogP) is 5.89. The molecule has 0 spiro atoms. The maximum absolute atomic E-state index is 12.4. The molecule has 0 amide bonds. The highest BCUT2D eigenvalue weighted by Crippen LogP contribution is 2.50. The Morgan fingerprint density at radius 2 is 1.23 bits per heavy atom. The molecule has 1 fully saturated rings. The minimum atomic E-state index is -0.142. The van der Waals surface area contributed by atoms with Gasteiger partial charge in [-0.25, -0.2) is 0 Å². The van der Waals surface area contributed by atoms with Crippen molar-refractivity contribution in [3.8, 4) is 0 Å². The average Bonchev–Trinajstić information content (AvgIpc) is 2.71. The zero-order valence-corrected chi connectivity index (χ0v) is 15.5. The van der Waals surface area contributed by atoms with E-state index in [4.69, 9.17) is 0 Å². The second-order valence-corrected chi connectivity index (χ2v) is 8.14. The zero-order valence-electron chi connectivity index (χ0n) is 14.7. The maximum atomic E-state index is 12.4. The molecule has 0 N–H and O–H groups in total. The largest absolute Gasteiger partial charge is 0.300 e. The molecular weight excluding hydrogens is 336 g/mol. The number of thioether (sulfide) groups is 1. The van der Waals surface area contributed by atoms with E-state index in [0.717, 1.165) is 6.42 Å². The molecule has 0 saturated heterocycles. The second kappa shape index (κ2) is 7.51. The van der Waals surface area contributed by atoms with Crippen LogP contribution >= 0.6 is 11.8 Å². The van der Waals surface area contributed by atoms with Gasteiger partial charge >= 0.3 is 0 Å². The van der Waals surface area contributed by atoms with Gasteiger partial charge in [-0.1, -0.05) is 78.9 Å². The number of benzene rings is 3. The third-order valence-corrected chi connectivity index (χ3v) is 6.76. The van der Waals surface area contributed by atoms with Gasteiger partial charge in [0.1, 0.15) is 5.78 Å². The Hall–Kier alpha value is -2.32. The summed E-state index contributed by atoms with van der Waals surface area (Å²) in [6, 6.07) is 31.9. The van der Waals surface area contributed by atoms with E-state index in [2.05, 4.69) is 84.9 Å². The molecule has 0 heterocycles. The Balaban J connectivity index is 1.85. The van der Waals surface area contributed by atoms with E-state index in [1.165, 1.54) is 16.0 Å². The topological polar surface area (TPSA) is 17.1 Å². The second-order valence-electron chi connectivity index (χ2n) is 6.87. The van der Waals surface area contributed by atoms with Gasteiger partial charge in [-0.15, -0.1) is 11.8 Å². The van der Waals surface area contributed by atoms with Gasteiger partial charge in [0.05, 0.1) is 0 Å². The van der Waals surface area contributed by atoms with Crippen LogP contribution in [-0.2, 0) is 10.2 Å². The first-order valence-corrected chi connectivity index (χ1v) is 10.0. The molecule has 1 nitrogen and oxygen atoms in total. The molecule has 26 heavy (non-hydrogen) atoms. The number of Topliss-reactive ketones (excluding diaryl/α,β-unsaturated/α-hetero) is 1. The number of carbonyl (C=O) groups is 1. The normalized spacial score (nSPS) is 19.2. The molecule has 4 rings (SSSR count). The number of ketones is 1. The molecule has 0 bridgehead atoms. The third kappa shape index (κ3) is 3.22. The van der Waals surface area contributed by atoms with Crippen molar-refractivity contribution in [1.82, 2.24) is 0 Å². The fourth-order valence-electron chi connectivity index (χ4n) is 4.08. The summed E-state index contributed by atoms with van der Waals surface area (Å²) in [6.45, 7) is 0. The van der Waals surface area contributed by atoms with Crippen molar-refractivity contribution in [2.45, 2.75) is 34.8 Å². The monoisotopic (exact) mass is 358 g/mol. The van der Waals surface area contributed by atoms with Crippen LogP contribution in [0.2, 0.25) is 0 Å². The van der Waals surface area contributed by atoms with E-state index in [1.807, 2.05) is 17.8 Å². The van der Waals surface area contributed by atoms with Crippen LogP contribution in [0.5, 0.6) is 0 Å². The minimum absolute atomic E-state index is 0.142. The fourth-order valence-corrected chi connectivity index (χ4v) is 5.59. The van der Waals surface area contributed by atoms with E-state index >= 15 is 0 Å². The van der Waals surface area contributed by atoms with Crippen molar-refractivity contribution in [2.24, 2.45) is 0 Å². The number of hydrogen-bond donors (Lipinski definition) is 0. The van der Waals surface area contributed by atoms with E-state index in [0.29, 0.717) is 18.6 Å². The Morgan fingerprint density at radius 3 is 1.77 bits per heavy atom. The van der Waals surface area contributed by atoms with E-state index in [-0.39, 0.29) is 10.7 Å². The summed E-state index contributed by atoms with van der Waals surface area (Å²) in [6.07, 6.45) is 2.13. The van der Waals surface area contributed by atoms with Crippen LogP contribution in [0.25, 0.3) is 0 Å². The Morgan fingerprint density at radius 1 is 0.731 bits per heavy atom. The molecule has 0 aromatic heterocycles. The van der Waals surface area contributed by atoms with Crippen molar-refractivity contribution in [1.29, 1.82) is 0 Å². The van der Waals surface area contributed by atoms with Gasteiger partial charge in [-0.3, -0.25) is 4.79 Å². The number of rotatable bonds is 4. The molecule has 1 aliphatic carbocycles. The van der Waals surface area contributed by atoms with Gasteiger partial charge in [-0.05, 0) is 29.7 Å². The highest BCUT2D eigenvalue weighted by molar-refractivity contribution is 8.00. The lowest BCUT2D eigenvalue weighted by Crippen LogP contribution is -2.44. The van der Waals surface area contributed by atoms with E-state index in [9.17, 15) is 4.79 Å². The van der Waals surface area contributed by atoms with Crippen molar-refractivity contribution in [3.63, 3.8) is 0 Å². The number of hydrogen-bond acceptors (Lipinski definition) is 2. The molecule has 0 radical (unpaired) electrons. The maximum Gasteiger partial charge on any atom is 0.134 e. The average molecular weight is 359 g/mol. The SMILES string of the molecule is O=C1CCC(c2ccccc2)(c2ccccc2)C(Sc2ccccc2)C1. The molecule has 3 aromatic carbocycles. The van der Waals surface area contributed by atoms with Crippen LogP contribution in [-0.4, -0.2) is 11.0 Å². The highest BCUT2D eigenvalue weighted by atomic mass is 32.2. The van der Waals surface area contributed by atoms with Gasteiger partial charge in [0.25, 0.3) is 0 Å². The molecule has 1 unspecified atom stereocenters. The molecular formula is C24H22OS. The van der Waals surface area contributed by atoms with Crippen LogP contribution in [0.3, 0.4) is 0 Å². The fraction of sp³-hybridized carbons (Fsp3) is 0.208. The third-order valence-electron chi connectivity index (χ3n) is 5.36. The zero-order chi connectivity index (χ0) is 17.8. The van der Waals surface area contributed by atoms with Crippen LogP contribution in [0.15, 0.2) is 95.9 Å². The molecule has 1 atom stereocenters. The van der Waals surface area contributed by atoms with Crippen LogP contribution in [0.1, 0.15) is 30.4 Å². The van der Waals surface area contributed by atoms with Gasteiger partial charge in [0.15, 0.2) is 0 Å². The summed E-state index contributed by atoms with van der Waals surface area (Å²) >= 11 is 1.84. The molecule has 1 aliphatic rings.